The molecule has 2 fully saturated rings. The number of aliphatic hydroxyl groups is 1. The molecule has 108 valence electrons. The molecule has 2 bridgehead atoms. The van der Waals surface area contributed by atoms with Crippen molar-refractivity contribution in [3.05, 3.63) is 12.2 Å². The van der Waals surface area contributed by atoms with Gasteiger partial charge >= 0.3 is 0 Å². The fraction of sp³-hybridized carbons (Fsp3) is 0.889. The summed E-state index contributed by atoms with van der Waals surface area (Å²) in [5, 5.41) is 10.3. The van der Waals surface area contributed by atoms with Gasteiger partial charge in [0.2, 0.25) is 0 Å². The van der Waals surface area contributed by atoms with Crippen molar-refractivity contribution in [1.29, 1.82) is 0 Å². The van der Waals surface area contributed by atoms with Crippen LogP contribution < -0.4 is 0 Å². The molecule has 2 saturated carbocycles. The Kier molecular flexibility index (Phi) is 3.32. The molecule has 0 spiro atoms. The fourth-order valence-corrected chi connectivity index (χ4v) is 6.10. The minimum atomic E-state index is 0.149. The molecule has 0 saturated heterocycles. The van der Waals surface area contributed by atoms with Crippen molar-refractivity contribution in [2.24, 2.45) is 34.5 Å². The highest BCUT2D eigenvalue weighted by Crippen LogP contribution is 2.66. The van der Waals surface area contributed by atoms with Crippen molar-refractivity contribution >= 4 is 0 Å². The lowest BCUT2D eigenvalue weighted by atomic mass is 9.53. The predicted molar refractivity (Wildman–Crippen MR) is 79.8 cm³/mol. The van der Waals surface area contributed by atoms with Crippen LogP contribution in [0.5, 0.6) is 0 Å². The molecule has 3 aliphatic rings. The van der Waals surface area contributed by atoms with E-state index in [1.807, 2.05) is 0 Å². The summed E-state index contributed by atoms with van der Waals surface area (Å²) in [6, 6.07) is 0. The number of aliphatic hydroxyl groups excluding tert-OH is 1. The van der Waals surface area contributed by atoms with Crippen molar-refractivity contribution < 1.29 is 5.11 Å². The van der Waals surface area contributed by atoms with Gasteiger partial charge in [0.05, 0.1) is 0 Å². The summed E-state index contributed by atoms with van der Waals surface area (Å²) in [6.45, 7) is 7.70. The lowest BCUT2D eigenvalue weighted by Gasteiger charge is -2.52. The van der Waals surface area contributed by atoms with Crippen LogP contribution in [0.15, 0.2) is 12.2 Å². The van der Waals surface area contributed by atoms with Gasteiger partial charge in [0.1, 0.15) is 0 Å². The minimum absolute atomic E-state index is 0.149. The molecule has 3 rings (SSSR count). The third kappa shape index (κ3) is 1.84. The molecule has 1 heteroatoms. The largest absolute Gasteiger partial charge is 0.396 e. The van der Waals surface area contributed by atoms with E-state index in [2.05, 4.69) is 32.9 Å². The standard InChI is InChI=1S/C18H30O/c1-13-7-5-4-6-10-18(13,12-19)16-14-8-9-15(11-14)17(16,2)3/h5,7,13-16,19H,4,6,8-12H2,1-3H3. The van der Waals surface area contributed by atoms with E-state index in [0.717, 1.165) is 17.8 Å². The maximum absolute atomic E-state index is 10.3. The molecule has 3 aliphatic carbocycles. The van der Waals surface area contributed by atoms with E-state index in [0.29, 0.717) is 17.9 Å². The summed E-state index contributed by atoms with van der Waals surface area (Å²) in [6.07, 6.45) is 12.7. The van der Waals surface area contributed by atoms with E-state index in [9.17, 15) is 5.11 Å². The van der Waals surface area contributed by atoms with Crippen LogP contribution in [0.4, 0.5) is 0 Å². The maximum Gasteiger partial charge on any atom is 0.0495 e. The van der Waals surface area contributed by atoms with Crippen molar-refractivity contribution in [2.75, 3.05) is 6.61 Å². The summed E-state index contributed by atoms with van der Waals surface area (Å²) in [5.41, 5.74) is 0.578. The zero-order chi connectivity index (χ0) is 13.7. The van der Waals surface area contributed by atoms with Gasteiger partial charge < -0.3 is 5.11 Å². The van der Waals surface area contributed by atoms with E-state index >= 15 is 0 Å². The first kappa shape index (κ1) is 13.7. The number of hydrogen-bond donors (Lipinski definition) is 1. The number of hydrogen-bond acceptors (Lipinski definition) is 1. The fourth-order valence-electron chi connectivity index (χ4n) is 6.10. The van der Waals surface area contributed by atoms with Gasteiger partial charge in [0.15, 0.2) is 0 Å². The van der Waals surface area contributed by atoms with Crippen LogP contribution in [0.2, 0.25) is 0 Å². The molecule has 0 heterocycles. The molecule has 0 aliphatic heterocycles. The summed E-state index contributed by atoms with van der Waals surface area (Å²) < 4.78 is 0. The van der Waals surface area contributed by atoms with Crippen LogP contribution in [0.3, 0.4) is 0 Å². The summed E-state index contributed by atoms with van der Waals surface area (Å²) in [7, 11) is 0. The maximum atomic E-state index is 10.3. The second kappa shape index (κ2) is 4.62. The molecule has 1 N–H and O–H groups in total. The Morgan fingerprint density at radius 2 is 2.05 bits per heavy atom. The monoisotopic (exact) mass is 262 g/mol. The Labute approximate surface area is 118 Å². The molecule has 0 aromatic heterocycles. The number of fused-ring (bicyclic) bond motifs is 2. The first-order valence-electron chi connectivity index (χ1n) is 8.30. The van der Waals surface area contributed by atoms with Gasteiger partial charge in [-0.3, -0.25) is 0 Å². The Morgan fingerprint density at radius 1 is 1.26 bits per heavy atom. The summed E-state index contributed by atoms with van der Waals surface area (Å²) >= 11 is 0. The van der Waals surface area contributed by atoms with Crippen LogP contribution in [-0.2, 0) is 0 Å². The third-order valence-electron chi connectivity index (χ3n) is 7.06. The normalized spacial score (nSPS) is 48.4. The molecule has 0 aromatic rings. The van der Waals surface area contributed by atoms with Crippen molar-refractivity contribution in [3.63, 3.8) is 0 Å². The van der Waals surface area contributed by atoms with Crippen molar-refractivity contribution in [3.8, 4) is 0 Å². The minimum Gasteiger partial charge on any atom is -0.396 e. The van der Waals surface area contributed by atoms with Gasteiger partial charge in [-0.2, -0.15) is 0 Å². The molecular formula is C18H30O. The van der Waals surface area contributed by atoms with Crippen molar-refractivity contribution in [2.45, 2.75) is 59.3 Å². The Bertz CT molecular complexity index is 370. The van der Waals surface area contributed by atoms with E-state index in [-0.39, 0.29) is 5.41 Å². The third-order valence-corrected chi connectivity index (χ3v) is 7.06. The lowest BCUT2D eigenvalue weighted by Crippen LogP contribution is -2.48. The highest BCUT2D eigenvalue weighted by molar-refractivity contribution is 5.12. The van der Waals surface area contributed by atoms with Crippen LogP contribution in [0.25, 0.3) is 0 Å². The first-order chi connectivity index (χ1) is 9.02. The predicted octanol–water partition coefficient (Wildman–Crippen LogP) is 4.41. The van der Waals surface area contributed by atoms with E-state index in [1.54, 1.807) is 0 Å². The van der Waals surface area contributed by atoms with Gasteiger partial charge in [-0.15, -0.1) is 0 Å². The van der Waals surface area contributed by atoms with E-state index in [4.69, 9.17) is 0 Å². The zero-order valence-corrected chi connectivity index (χ0v) is 12.9. The van der Waals surface area contributed by atoms with Gasteiger partial charge in [-0.1, -0.05) is 32.9 Å². The molecule has 0 radical (unpaired) electrons. The molecule has 1 nitrogen and oxygen atoms in total. The van der Waals surface area contributed by atoms with Gasteiger partial charge in [-0.05, 0) is 67.6 Å². The van der Waals surface area contributed by atoms with Gasteiger partial charge in [-0.25, -0.2) is 0 Å². The molecule has 0 amide bonds. The van der Waals surface area contributed by atoms with E-state index in [1.165, 1.54) is 38.5 Å². The average molecular weight is 262 g/mol. The zero-order valence-electron chi connectivity index (χ0n) is 12.9. The number of allylic oxidation sites excluding steroid dienone is 2. The lowest BCUT2D eigenvalue weighted by molar-refractivity contribution is -0.0665. The summed E-state index contributed by atoms with van der Waals surface area (Å²) in [4.78, 5) is 0. The van der Waals surface area contributed by atoms with Crippen LogP contribution in [0.1, 0.15) is 59.3 Å². The second-order valence-electron chi connectivity index (χ2n) is 8.07. The Hall–Kier alpha value is -0.300. The second-order valence-corrected chi connectivity index (χ2v) is 8.07. The van der Waals surface area contributed by atoms with E-state index < -0.39 is 0 Å². The smallest absolute Gasteiger partial charge is 0.0495 e. The van der Waals surface area contributed by atoms with Gasteiger partial charge in [0.25, 0.3) is 0 Å². The summed E-state index contributed by atoms with van der Waals surface area (Å²) in [5.74, 6) is 3.04. The molecule has 0 aromatic carbocycles. The molecule has 19 heavy (non-hydrogen) atoms. The Morgan fingerprint density at radius 3 is 2.68 bits per heavy atom. The average Bonchev–Trinajstić information content (AvgIpc) is 2.88. The van der Waals surface area contributed by atoms with Crippen molar-refractivity contribution in [1.82, 2.24) is 0 Å². The quantitative estimate of drug-likeness (QED) is 0.731. The molecular weight excluding hydrogens is 232 g/mol. The van der Waals surface area contributed by atoms with Crippen LogP contribution in [-0.4, -0.2) is 11.7 Å². The first-order valence-corrected chi connectivity index (χ1v) is 8.30. The topological polar surface area (TPSA) is 20.2 Å². The van der Waals surface area contributed by atoms with Crippen LogP contribution in [0, 0.1) is 34.5 Å². The van der Waals surface area contributed by atoms with Gasteiger partial charge in [0, 0.05) is 12.0 Å². The molecule has 5 unspecified atom stereocenters. The highest BCUT2D eigenvalue weighted by atomic mass is 16.3. The Balaban J connectivity index is 1.99. The highest BCUT2D eigenvalue weighted by Gasteiger charge is 2.60. The SMILES string of the molecule is CC1C=CCCCC1(CO)C1C2CCC(C2)C1(C)C. The molecule has 5 atom stereocenters. The van der Waals surface area contributed by atoms with Crippen LogP contribution >= 0.6 is 0 Å². The number of rotatable bonds is 2.